The van der Waals surface area contributed by atoms with E-state index in [2.05, 4.69) is 10.6 Å². The number of nitrogens with one attached hydrogen (secondary N) is 2. The van der Waals surface area contributed by atoms with Crippen molar-refractivity contribution >= 4 is 17.6 Å². The van der Waals surface area contributed by atoms with Crippen LogP contribution in [0.15, 0.2) is 18.2 Å². The fraction of sp³-hybridized carbons (Fsp3) is 0.467. The summed E-state index contributed by atoms with van der Waals surface area (Å²) in [6.07, 6.45) is 1.38. The molecule has 5 heteroatoms. The number of carboxylic acid groups (broad SMARTS) is 1. The predicted molar refractivity (Wildman–Crippen MR) is 77.1 cm³/mol. The fourth-order valence-corrected chi connectivity index (χ4v) is 2.31. The minimum Gasteiger partial charge on any atom is -0.481 e. The molecule has 0 atom stereocenters. The van der Waals surface area contributed by atoms with E-state index in [-0.39, 0.29) is 12.3 Å². The van der Waals surface area contributed by atoms with Crippen molar-refractivity contribution in [2.45, 2.75) is 38.6 Å². The molecule has 0 unspecified atom stereocenters. The summed E-state index contributed by atoms with van der Waals surface area (Å²) >= 11 is 0. The van der Waals surface area contributed by atoms with Gasteiger partial charge in [-0.3, -0.25) is 9.59 Å². The first-order chi connectivity index (χ1) is 9.37. The van der Waals surface area contributed by atoms with Crippen LogP contribution >= 0.6 is 0 Å². The molecule has 0 aliphatic carbocycles. The Morgan fingerprint density at radius 1 is 1.40 bits per heavy atom. The molecular formula is C15H20N2O3. The Morgan fingerprint density at radius 2 is 2.15 bits per heavy atom. The van der Waals surface area contributed by atoms with Crippen LogP contribution in [0.1, 0.15) is 42.6 Å². The van der Waals surface area contributed by atoms with Gasteiger partial charge < -0.3 is 15.7 Å². The Balaban J connectivity index is 2.02. The first kappa shape index (κ1) is 14.4. The van der Waals surface area contributed by atoms with Gasteiger partial charge >= 0.3 is 5.97 Å². The van der Waals surface area contributed by atoms with Crippen LogP contribution in [0.2, 0.25) is 0 Å². The molecule has 0 radical (unpaired) electrons. The smallest absolute Gasteiger partial charge is 0.303 e. The standard InChI is InChI=1S/C15H20N2O3/c1-15(2,7-5-13(18)19)17-14(20)11-3-4-12-10(9-11)6-8-16-12/h3-4,9,16H,5-8H2,1-2H3,(H,17,20)(H,18,19). The molecule has 5 nitrogen and oxygen atoms in total. The summed E-state index contributed by atoms with van der Waals surface area (Å²) in [5, 5.41) is 14.9. The van der Waals surface area contributed by atoms with Gasteiger partial charge in [-0.15, -0.1) is 0 Å². The van der Waals surface area contributed by atoms with E-state index >= 15 is 0 Å². The van der Waals surface area contributed by atoms with E-state index < -0.39 is 11.5 Å². The highest BCUT2D eigenvalue weighted by atomic mass is 16.4. The number of carbonyl (C=O) groups excluding carboxylic acids is 1. The van der Waals surface area contributed by atoms with Crippen molar-refractivity contribution in [2.75, 3.05) is 11.9 Å². The molecule has 0 aromatic heterocycles. The number of carboxylic acids is 1. The summed E-state index contributed by atoms with van der Waals surface area (Å²) in [4.78, 5) is 22.8. The Kier molecular flexibility index (Phi) is 3.97. The zero-order valence-corrected chi connectivity index (χ0v) is 11.8. The highest BCUT2D eigenvalue weighted by Crippen LogP contribution is 2.23. The molecule has 1 heterocycles. The molecule has 1 aliphatic heterocycles. The molecule has 0 saturated carbocycles. The molecule has 20 heavy (non-hydrogen) atoms. The van der Waals surface area contributed by atoms with E-state index in [1.54, 1.807) is 6.07 Å². The fourth-order valence-electron chi connectivity index (χ4n) is 2.31. The van der Waals surface area contributed by atoms with Crippen molar-refractivity contribution in [1.29, 1.82) is 0 Å². The van der Waals surface area contributed by atoms with Crippen molar-refractivity contribution in [1.82, 2.24) is 5.32 Å². The van der Waals surface area contributed by atoms with Crippen molar-refractivity contribution in [3.05, 3.63) is 29.3 Å². The minimum absolute atomic E-state index is 0.0430. The van der Waals surface area contributed by atoms with Gasteiger partial charge in [-0.05, 0) is 50.5 Å². The Bertz CT molecular complexity index is 538. The summed E-state index contributed by atoms with van der Waals surface area (Å²) in [5.74, 6) is -1.01. The Hall–Kier alpha value is -2.04. The van der Waals surface area contributed by atoms with Crippen LogP contribution in [0.5, 0.6) is 0 Å². The molecule has 0 bridgehead atoms. The minimum atomic E-state index is -0.851. The lowest BCUT2D eigenvalue weighted by Gasteiger charge is -2.25. The zero-order chi connectivity index (χ0) is 14.8. The summed E-state index contributed by atoms with van der Waals surface area (Å²) in [7, 11) is 0. The van der Waals surface area contributed by atoms with Crippen LogP contribution in [0.3, 0.4) is 0 Å². The molecule has 0 saturated heterocycles. The van der Waals surface area contributed by atoms with Gasteiger partial charge in [0.25, 0.3) is 5.91 Å². The third-order valence-electron chi connectivity index (χ3n) is 3.49. The van der Waals surface area contributed by atoms with Crippen LogP contribution in [-0.4, -0.2) is 29.1 Å². The number of fused-ring (bicyclic) bond motifs is 1. The number of hydrogen-bond acceptors (Lipinski definition) is 3. The van der Waals surface area contributed by atoms with Crippen molar-refractivity contribution in [3.8, 4) is 0 Å². The van der Waals surface area contributed by atoms with Gasteiger partial charge in [0, 0.05) is 29.8 Å². The van der Waals surface area contributed by atoms with E-state index in [4.69, 9.17) is 5.11 Å². The number of aliphatic carboxylic acids is 1. The first-order valence-electron chi connectivity index (χ1n) is 6.78. The Labute approximate surface area is 118 Å². The van der Waals surface area contributed by atoms with Crippen LogP contribution < -0.4 is 10.6 Å². The number of rotatable bonds is 5. The lowest BCUT2D eigenvalue weighted by molar-refractivity contribution is -0.137. The van der Waals surface area contributed by atoms with Crippen LogP contribution in [0, 0.1) is 0 Å². The van der Waals surface area contributed by atoms with Gasteiger partial charge in [0.05, 0.1) is 0 Å². The van der Waals surface area contributed by atoms with Gasteiger partial charge in [-0.2, -0.15) is 0 Å². The molecule has 1 aromatic rings. The van der Waals surface area contributed by atoms with Gasteiger partial charge in [0.1, 0.15) is 0 Å². The Morgan fingerprint density at radius 3 is 2.85 bits per heavy atom. The highest BCUT2D eigenvalue weighted by molar-refractivity contribution is 5.95. The summed E-state index contributed by atoms with van der Waals surface area (Å²) in [6, 6.07) is 5.61. The molecule has 1 aliphatic rings. The number of benzene rings is 1. The van der Waals surface area contributed by atoms with Crippen molar-refractivity contribution in [2.24, 2.45) is 0 Å². The molecule has 0 spiro atoms. The zero-order valence-electron chi connectivity index (χ0n) is 11.8. The highest BCUT2D eigenvalue weighted by Gasteiger charge is 2.23. The number of carbonyl (C=O) groups is 2. The van der Waals surface area contributed by atoms with Crippen LogP contribution in [0.4, 0.5) is 5.69 Å². The van der Waals surface area contributed by atoms with E-state index in [0.717, 1.165) is 24.2 Å². The molecule has 1 amide bonds. The number of anilines is 1. The average molecular weight is 276 g/mol. The topological polar surface area (TPSA) is 78.4 Å². The maximum atomic E-state index is 12.2. The normalized spacial score (nSPS) is 13.5. The maximum absolute atomic E-state index is 12.2. The second-order valence-corrected chi connectivity index (χ2v) is 5.78. The molecule has 1 aromatic carbocycles. The van der Waals surface area contributed by atoms with Crippen molar-refractivity contribution in [3.63, 3.8) is 0 Å². The average Bonchev–Trinajstić information content (AvgIpc) is 2.83. The second kappa shape index (κ2) is 5.53. The van der Waals surface area contributed by atoms with E-state index in [9.17, 15) is 9.59 Å². The van der Waals surface area contributed by atoms with Crippen LogP contribution in [0.25, 0.3) is 0 Å². The number of amides is 1. The second-order valence-electron chi connectivity index (χ2n) is 5.78. The molecule has 3 N–H and O–H groups in total. The lowest BCUT2D eigenvalue weighted by Crippen LogP contribution is -2.43. The predicted octanol–water partition coefficient (Wildman–Crippen LogP) is 2.03. The SMILES string of the molecule is CC(C)(CCC(=O)O)NC(=O)c1ccc2c(c1)CCN2. The van der Waals surface area contributed by atoms with Gasteiger partial charge in [0.2, 0.25) is 0 Å². The third-order valence-corrected chi connectivity index (χ3v) is 3.49. The molecule has 0 fully saturated rings. The summed E-state index contributed by atoms with van der Waals surface area (Å²) in [5.41, 5.74) is 2.33. The lowest BCUT2D eigenvalue weighted by atomic mass is 9.97. The molecule has 2 rings (SSSR count). The van der Waals surface area contributed by atoms with Gasteiger partial charge in [-0.25, -0.2) is 0 Å². The van der Waals surface area contributed by atoms with Gasteiger partial charge in [0.15, 0.2) is 0 Å². The third kappa shape index (κ3) is 3.50. The molecular weight excluding hydrogens is 256 g/mol. The maximum Gasteiger partial charge on any atom is 0.303 e. The largest absolute Gasteiger partial charge is 0.481 e. The van der Waals surface area contributed by atoms with E-state index in [1.807, 2.05) is 26.0 Å². The monoisotopic (exact) mass is 276 g/mol. The molecule has 108 valence electrons. The summed E-state index contributed by atoms with van der Waals surface area (Å²) < 4.78 is 0. The van der Waals surface area contributed by atoms with Crippen molar-refractivity contribution < 1.29 is 14.7 Å². The van der Waals surface area contributed by atoms with Gasteiger partial charge in [-0.1, -0.05) is 0 Å². The quantitative estimate of drug-likeness (QED) is 0.769. The van der Waals surface area contributed by atoms with Crippen LogP contribution in [-0.2, 0) is 11.2 Å². The van der Waals surface area contributed by atoms with E-state index in [0.29, 0.717) is 12.0 Å². The first-order valence-corrected chi connectivity index (χ1v) is 6.78. The number of hydrogen-bond donors (Lipinski definition) is 3. The summed E-state index contributed by atoms with van der Waals surface area (Å²) in [6.45, 7) is 4.58. The van der Waals surface area contributed by atoms with E-state index in [1.165, 1.54) is 0 Å².